The van der Waals surface area contributed by atoms with Crippen LogP contribution < -0.4 is 5.32 Å². The Hall–Kier alpha value is -3.43. The molecule has 0 saturated carbocycles. The van der Waals surface area contributed by atoms with E-state index in [1.54, 1.807) is 32.5 Å². The van der Waals surface area contributed by atoms with Crippen LogP contribution in [-0.2, 0) is 29.0 Å². The van der Waals surface area contributed by atoms with Crippen molar-refractivity contribution in [2.24, 2.45) is 0 Å². The zero-order valence-electron chi connectivity index (χ0n) is 20.8. The number of aromatic nitrogens is 1. The van der Waals surface area contributed by atoms with Gasteiger partial charge in [0.2, 0.25) is 0 Å². The van der Waals surface area contributed by atoms with Gasteiger partial charge in [0.25, 0.3) is 0 Å². The molecule has 0 radical (unpaired) electrons. The zero-order chi connectivity index (χ0) is 26.0. The van der Waals surface area contributed by atoms with E-state index in [1.165, 1.54) is 16.2 Å². The summed E-state index contributed by atoms with van der Waals surface area (Å²) < 4.78 is 10.9. The molecule has 0 aliphatic heterocycles. The Morgan fingerprint density at radius 3 is 2.28 bits per heavy atom. The van der Waals surface area contributed by atoms with Crippen molar-refractivity contribution in [2.45, 2.75) is 58.1 Å². The quantitative estimate of drug-likeness (QED) is 0.406. The van der Waals surface area contributed by atoms with E-state index in [2.05, 4.69) is 10.3 Å². The van der Waals surface area contributed by atoms with Crippen molar-refractivity contribution in [2.75, 3.05) is 6.54 Å². The third kappa shape index (κ3) is 9.31. The first kappa shape index (κ1) is 27.2. The van der Waals surface area contributed by atoms with Crippen molar-refractivity contribution in [1.29, 1.82) is 0 Å². The maximum absolute atomic E-state index is 13.0. The van der Waals surface area contributed by atoms with Gasteiger partial charge in [0.1, 0.15) is 12.2 Å². The Kier molecular flexibility index (Phi) is 9.84. The molecule has 1 heterocycles. The van der Waals surface area contributed by atoms with Crippen LogP contribution in [0.15, 0.2) is 72.4 Å². The predicted octanol–water partition coefficient (Wildman–Crippen LogP) is 4.78. The summed E-state index contributed by atoms with van der Waals surface area (Å²) in [6.45, 7) is 5.60. The summed E-state index contributed by atoms with van der Waals surface area (Å²) in [5.41, 5.74) is 2.80. The summed E-state index contributed by atoms with van der Waals surface area (Å²) in [6.07, 6.45) is -0.282. The van der Waals surface area contributed by atoms with Crippen LogP contribution in [0.4, 0.5) is 9.59 Å². The van der Waals surface area contributed by atoms with Gasteiger partial charge < -0.3 is 24.8 Å². The normalized spacial score (nSPS) is 12.9. The predicted molar refractivity (Wildman–Crippen MR) is 138 cm³/mol. The van der Waals surface area contributed by atoms with E-state index in [9.17, 15) is 14.7 Å². The molecular weight excluding hydrogens is 478 g/mol. The van der Waals surface area contributed by atoms with Gasteiger partial charge in [-0.1, -0.05) is 60.7 Å². The lowest BCUT2D eigenvalue weighted by Gasteiger charge is -2.30. The maximum atomic E-state index is 13.0. The molecule has 0 saturated heterocycles. The maximum Gasteiger partial charge on any atom is 0.410 e. The number of carbonyl (C=O) groups excluding carboxylic acids is 2. The van der Waals surface area contributed by atoms with Crippen LogP contribution in [0.5, 0.6) is 0 Å². The number of hydrogen-bond donors (Lipinski definition) is 2. The van der Waals surface area contributed by atoms with Crippen molar-refractivity contribution in [3.63, 3.8) is 0 Å². The number of aliphatic hydroxyl groups excluding tert-OH is 1. The van der Waals surface area contributed by atoms with Gasteiger partial charge in [-0.15, -0.1) is 11.3 Å². The molecule has 8 nitrogen and oxygen atoms in total. The Morgan fingerprint density at radius 2 is 1.69 bits per heavy atom. The van der Waals surface area contributed by atoms with Crippen molar-refractivity contribution in [1.82, 2.24) is 15.2 Å². The average Bonchev–Trinajstić information content (AvgIpc) is 3.35. The highest BCUT2D eigenvalue weighted by molar-refractivity contribution is 7.09. The smallest absolute Gasteiger partial charge is 0.410 e. The molecule has 0 spiro atoms. The molecule has 0 fully saturated rings. The van der Waals surface area contributed by atoms with E-state index in [-0.39, 0.29) is 19.7 Å². The second-order valence-corrected chi connectivity index (χ2v) is 10.4. The van der Waals surface area contributed by atoms with Crippen LogP contribution in [0.3, 0.4) is 0 Å². The summed E-state index contributed by atoms with van der Waals surface area (Å²) in [5, 5.41) is 14.0. The van der Waals surface area contributed by atoms with Crippen LogP contribution in [0.1, 0.15) is 36.8 Å². The molecule has 192 valence electrons. The van der Waals surface area contributed by atoms with Crippen LogP contribution >= 0.6 is 11.3 Å². The first-order chi connectivity index (χ1) is 17.2. The number of nitrogens with zero attached hydrogens (tertiary/aromatic N) is 2. The van der Waals surface area contributed by atoms with Gasteiger partial charge >= 0.3 is 12.2 Å². The first-order valence-electron chi connectivity index (χ1n) is 11.7. The molecule has 1 aromatic heterocycles. The largest absolute Gasteiger partial charge is 0.444 e. The SMILES string of the molecule is CC(C)(C)OC(=O)N[C@@H](Cc1ccccc1)[C@@H](O)CN(Cc1ccccc1)C(=O)OCc1cncs1. The van der Waals surface area contributed by atoms with Crippen molar-refractivity contribution in [3.8, 4) is 0 Å². The van der Waals surface area contributed by atoms with Gasteiger partial charge in [0.15, 0.2) is 0 Å². The van der Waals surface area contributed by atoms with Crippen molar-refractivity contribution in [3.05, 3.63) is 88.4 Å². The third-order valence-corrected chi connectivity index (χ3v) is 5.92. The monoisotopic (exact) mass is 511 g/mol. The Morgan fingerprint density at radius 1 is 1.06 bits per heavy atom. The molecule has 0 unspecified atom stereocenters. The summed E-state index contributed by atoms with van der Waals surface area (Å²) in [6, 6.07) is 18.3. The number of amides is 2. The number of nitrogens with one attached hydrogen (secondary N) is 1. The summed E-state index contributed by atoms with van der Waals surface area (Å²) in [5.74, 6) is 0. The van der Waals surface area contributed by atoms with E-state index < -0.39 is 29.9 Å². The van der Waals surface area contributed by atoms with E-state index in [1.807, 2.05) is 60.7 Å². The fourth-order valence-corrected chi connectivity index (χ4v) is 4.01. The lowest BCUT2D eigenvalue weighted by atomic mass is 10.0. The van der Waals surface area contributed by atoms with Crippen LogP contribution in [0.25, 0.3) is 0 Å². The molecule has 2 N–H and O–H groups in total. The van der Waals surface area contributed by atoms with Gasteiger partial charge in [0.05, 0.1) is 29.1 Å². The van der Waals surface area contributed by atoms with Gasteiger partial charge in [-0.3, -0.25) is 4.98 Å². The number of benzene rings is 2. The summed E-state index contributed by atoms with van der Waals surface area (Å²) in [4.78, 5) is 31.8. The van der Waals surface area contributed by atoms with Crippen molar-refractivity contribution < 1.29 is 24.2 Å². The van der Waals surface area contributed by atoms with E-state index in [0.717, 1.165) is 16.0 Å². The molecule has 2 atom stereocenters. The molecule has 3 aromatic rings. The lowest BCUT2D eigenvalue weighted by molar-refractivity contribution is 0.0328. The number of ether oxygens (including phenoxy) is 2. The Labute approximate surface area is 215 Å². The minimum absolute atomic E-state index is 0.0519. The van der Waals surface area contributed by atoms with E-state index in [0.29, 0.717) is 6.42 Å². The molecular formula is C27H33N3O5S. The number of carbonyl (C=O) groups is 2. The van der Waals surface area contributed by atoms with E-state index in [4.69, 9.17) is 9.47 Å². The number of aliphatic hydroxyl groups is 1. The molecule has 2 amide bonds. The number of hydrogen-bond acceptors (Lipinski definition) is 7. The van der Waals surface area contributed by atoms with Crippen LogP contribution in [0.2, 0.25) is 0 Å². The molecule has 36 heavy (non-hydrogen) atoms. The van der Waals surface area contributed by atoms with Gasteiger partial charge in [-0.2, -0.15) is 0 Å². The Bertz CT molecular complexity index is 1070. The molecule has 0 aliphatic rings. The highest BCUT2D eigenvalue weighted by Crippen LogP contribution is 2.15. The third-order valence-electron chi connectivity index (χ3n) is 5.17. The fraction of sp³-hybridized carbons (Fsp3) is 0.370. The summed E-state index contributed by atoms with van der Waals surface area (Å²) in [7, 11) is 0. The van der Waals surface area contributed by atoms with Gasteiger partial charge in [-0.05, 0) is 38.3 Å². The minimum atomic E-state index is -1.09. The molecule has 3 rings (SSSR count). The molecule has 9 heteroatoms. The molecule has 0 aliphatic carbocycles. The average molecular weight is 512 g/mol. The first-order valence-corrected chi connectivity index (χ1v) is 12.6. The lowest BCUT2D eigenvalue weighted by Crippen LogP contribution is -2.51. The number of rotatable bonds is 10. The van der Waals surface area contributed by atoms with Crippen LogP contribution in [0, 0.1) is 0 Å². The minimum Gasteiger partial charge on any atom is -0.444 e. The van der Waals surface area contributed by atoms with Crippen LogP contribution in [-0.4, -0.2) is 51.5 Å². The second-order valence-electron chi connectivity index (χ2n) is 9.40. The second kappa shape index (κ2) is 13.0. The topological polar surface area (TPSA) is 101 Å². The van der Waals surface area contributed by atoms with E-state index >= 15 is 0 Å². The highest BCUT2D eigenvalue weighted by atomic mass is 32.1. The Balaban J connectivity index is 1.75. The molecule has 2 aromatic carbocycles. The zero-order valence-corrected chi connectivity index (χ0v) is 21.6. The standard InChI is InChI=1S/C27H33N3O5S/c1-27(2,3)35-25(32)29-23(14-20-10-6-4-7-11-20)24(31)17-30(16-21-12-8-5-9-13-21)26(33)34-18-22-15-28-19-36-22/h4-13,15,19,23-24,31H,14,16-18H2,1-3H3,(H,29,32)/t23-,24-/m0/s1. The molecule has 0 bridgehead atoms. The highest BCUT2D eigenvalue weighted by Gasteiger charge is 2.29. The van der Waals surface area contributed by atoms with Gasteiger partial charge in [0, 0.05) is 12.7 Å². The number of alkyl carbamates (subject to hydrolysis) is 1. The van der Waals surface area contributed by atoms with Crippen molar-refractivity contribution >= 4 is 23.5 Å². The fourth-order valence-electron chi connectivity index (χ4n) is 3.51. The van der Waals surface area contributed by atoms with Gasteiger partial charge in [-0.25, -0.2) is 9.59 Å². The summed E-state index contributed by atoms with van der Waals surface area (Å²) >= 11 is 1.39. The number of thiazole rings is 1.